The van der Waals surface area contributed by atoms with Crippen molar-refractivity contribution in [3.8, 4) is 0 Å². The lowest BCUT2D eigenvalue weighted by atomic mass is 10.2. The second kappa shape index (κ2) is 6.32. The molecule has 8 nitrogen and oxygen atoms in total. The maximum absolute atomic E-state index is 11.3. The Morgan fingerprint density at radius 1 is 1.53 bits per heavy atom. The number of nitro groups is 1. The molecule has 0 saturated carbocycles. The third-order valence-corrected chi connectivity index (χ3v) is 2.65. The summed E-state index contributed by atoms with van der Waals surface area (Å²) in [5.74, 6) is 0. The lowest BCUT2D eigenvalue weighted by Crippen LogP contribution is -2.34. The molecule has 1 aromatic rings. The fraction of sp³-hybridized carbons (Fsp3) is 0.600. The number of carbonyl (C=O) groups excluding carboxylic acids is 1. The van der Waals surface area contributed by atoms with E-state index in [4.69, 9.17) is 4.74 Å². The van der Waals surface area contributed by atoms with Gasteiger partial charge in [-0.25, -0.2) is 9.78 Å². The second-order valence-corrected chi connectivity index (χ2v) is 5.63. The molecule has 106 valence electrons. The molecule has 19 heavy (non-hydrogen) atoms. The van der Waals surface area contributed by atoms with Crippen LogP contribution in [-0.2, 0) is 4.74 Å². The average Bonchev–Trinajstić information content (AvgIpc) is 2.70. The fourth-order valence-electron chi connectivity index (χ4n) is 1.08. The van der Waals surface area contributed by atoms with E-state index in [1.54, 1.807) is 20.8 Å². The maximum Gasteiger partial charge on any atom is 0.407 e. The Hall–Kier alpha value is -1.90. The molecule has 0 atom stereocenters. The number of ether oxygens (including phenoxy) is 1. The minimum Gasteiger partial charge on any atom is -0.444 e. The van der Waals surface area contributed by atoms with E-state index in [1.165, 1.54) is 6.20 Å². The van der Waals surface area contributed by atoms with Gasteiger partial charge in [0.25, 0.3) is 0 Å². The van der Waals surface area contributed by atoms with Gasteiger partial charge in [0.05, 0.1) is 4.92 Å². The van der Waals surface area contributed by atoms with E-state index in [0.717, 1.165) is 11.3 Å². The largest absolute Gasteiger partial charge is 0.444 e. The molecule has 0 saturated heterocycles. The average molecular weight is 288 g/mol. The zero-order valence-electron chi connectivity index (χ0n) is 10.9. The van der Waals surface area contributed by atoms with Gasteiger partial charge in [0.15, 0.2) is 5.13 Å². The highest BCUT2D eigenvalue weighted by Crippen LogP contribution is 2.24. The van der Waals surface area contributed by atoms with E-state index in [0.29, 0.717) is 18.2 Å². The highest BCUT2D eigenvalue weighted by molar-refractivity contribution is 7.18. The van der Waals surface area contributed by atoms with Crippen molar-refractivity contribution >= 4 is 27.6 Å². The summed E-state index contributed by atoms with van der Waals surface area (Å²) in [7, 11) is 0. The molecule has 0 radical (unpaired) electrons. The Morgan fingerprint density at radius 2 is 2.21 bits per heavy atom. The van der Waals surface area contributed by atoms with Crippen LogP contribution in [-0.4, -0.2) is 34.7 Å². The molecule has 0 aliphatic rings. The van der Waals surface area contributed by atoms with Gasteiger partial charge in [-0.1, -0.05) is 0 Å². The number of carbonyl (C=O) groups is 1. The van der Waals surface area contributed by atoms with Gasteiger partial charge >= 0.3 is 11.1 Å². The van der Waals surface area contributed by atoms with E-state index >= 15 is 0 Å². The minimum atomic E-state index is -0.534. The van der Waals surface area contributed by atoms with E-state index < -0.39 is 16.6 Å². The third kappa shape index (κ3) is 6.00. The van der Waals surface area contributed by atoms with E-state index in [-0.39, 0.29) is 5.00 Å². The van der Waals surface area contributed by atoms with Gasteiger partial charge in [-0.3, -0.25) is 10.1 Å². The number of aromatic nitrogens is 1. The molecule has 1 amide bonds. The smallest absolute Gasteiger partial charge is 0.407 e. The molecular formula is C10H16N4O4S. The first-order chi connectivity index (χ1) is 8.78. The zero-order chi connectivity index (χ0) is 14.5. The molecule has 0 unspecified atom stereocenters. The van der Waals surface area contributed by atoms with Crippen molar-refractivity contribution in [3.05, 3.63) is 16.3 Å². The van der Waals surface area contributed by atoms with E-state index in [1.807, 2.05) is 0 Å². The molecule has 2 N–H and O–H groups in total. The molecule has 1 rings (SSSR count). The van der Waals surface area contributed by atoms with Crippen LogP contribution in [0.15, 0.2) is 6.20 Å². The van der Waals surface area contributed by atoms with Crippen LogP contribution in [0, 0.1) is 10.1 Å². The molecule has 0 aliphatic carbocycles. The number of nitrogens with one attached hydrogen (secondary N) is 2. The summed E-state index contributed by atoms with van der Waals surface area (Å²) in [6, 6.07) is 0. The van der Waals surface area contributed by atoms with Gasteiger partial charge in [-0.15, -0.1) is 0 Å². The van der Waals surface area contributed by atoms with Crippen LogP contribution in [0.1, 0.15) is 20.8 Å². The highest BCUT2D eigenvalue weighted by atomic mass is 32.1. The summed E-state index contributed by atoms with van der Waals surface area (Å²) in [6.45, 7) is 6.07. The molecule has 0 fully saturated rings. The topological polar surface area (TPSA) is 106 Å². The number of rotatable bonds is 5. The fourth-order valence-corrected chi connectivity index (χ4v) is 1.74. The van der Waals surface area contributed by atoms with E-state index in [9.17, 15) is 14.9 Å². The van der Waals surface area contributed by atoms with Crippen molar-refractivity contribution in [2.24, 2.45) is 0 Å². The standard InChI is InChI=1S/C10H16N4O4S/c1-10(2,3)18-9(15)12-5-4-11-8-13-6-7(19-8)14(16)17/h6H,4-5H2,1-3H3,(H,11,13)(H,12,15). The van der Waals surface area contributed by atoms with Crippen molar-refractivity contribution in [2.45, 2.75) is 26.4 Å². The van der Waals surface area contributed by atoms with Gasteiger partial charge in [0, 0.05) is 13.1 Å². The Kier molecular flexibility index (Phi) is 5.04. The normalized spacial score (nSPS) is 10.9. The summed E-state index contributed by atoms with van der Waals surface area (Å²) in [6.07, 6.45) is 0.688. The summed E-state index contributed by atoms with van der Waals surface area (Å²) in [5.41, 5.74) is -0.534. The van der Waals surface area contributed by atoms with Crippen molar-refractivity contribution in [3.63, 3.8) is 0 Å². The van der Waals surface area contributed by atoms with Gasteiger partial charge in [-0.2, -0.15) is 0 Å². The molecule has 9 heteroatoms. The second-order valence-electron chi connectivity index (χ2n) is 4.62. The lowest BCUT2D eigenvalue weighted by Gasteiger charge is -2.19. The van der Waals surface area contributed by atoms with Crippen LogP contribution in [0.3, 0.4) is 0 Å². The molecule has 0 aliphatic heterocycles. The van der Waals surface area contributed by atoms with Crippen LogP contribution in [0.25, 0.3) is 0 Å². The SMILES string of the molecule is CC(C)(C)OC(=O)NCCNc1ncc([N+](=O)[O-])s1. The Labute approximate surface area is 114 Å². The van der Waals surface area contributed by atoms with Crippen molar-refractivity contribution < 1.29 is 14.5 Å². The number of hydrogen-bond donors (Lipinski definition) is 2. The first-order valence-corrected chi connectivity index (χ1v) is 6.40. The van der Waals surface area contributed by atoms with E-state index in [2.05, 4.69) is 15.6 Å². The molecule has 1 heterocycles. The Bertz CT molecular complexity index is 455. The highest BCUT2D eigenvalue weighted by Gasteiger charge is 2.15. The number of alkyl carbamates (subject to hydrolysis) is 1. The number of nitrogens with zero attached hydrogens (tertiary/aromatic N) is 2. The maximum atomic E-state index is 11.3. The van der Waals surface area contributed by atoms with Crippen LogP contribution >= 0.6 is 11.3 Å². The van der Waals surface area contributed by atoms with Crippen LogP contribution in [0.2, 0.25) is 0 Å². The summed E-state index contributed by atoms with van der Waals surface area (Å²) < 4.78 is 5.05. The summed E-state index contributed by atoms with van der Waals surface area (Å²) in [5, 5.41) is 16.3. The van der Waals surface area contributed by atoms with Gasteiger partial charge in [-0.05, 0) is 32.1 Å². The zero-order valence-corrected chi connectivity index (χ0v) is 11.7. The molecular weight excluding hydrogens is 272 g/mol. The number of anilines is 1. The predicted octanol–water partition coefficient (Wildman–Crippen LogP) is 1.99. The number of hydrogen-bond acceptors (Lipinski definition) is 7. The van der Waals surface area contributed by atoms with Gasteiger partial charge in [0.2, 0.25) is 0 Å². The van der Waals surface area contributed by atoms with Crippen LogP contribution in [0.5, 0.6) is 0 Å². The van der Waals surface area contributed by atoms with Gasteiger partial charge < -0.3 is 15.4 Å². The monoisotopic (exact) mass is 288 g/mol. The molecule has 1 aromatic heterocycles. The van der Waals surface area contributed by atoms with Crippen LogP contribution in [0.4, 0.5) is 14.9 Å². The van der Waals surface area contributed by atoms with Crippen molar-refractivity contribution in [2.75, 3.05) is 18.4 Å². The van der Waals surface area contributed by atoms with Crippen molar-refractivity contribution in [1.82, 2.24) is 10.3 Å². The molecule has 0 aromatic carbocycles. The molecule has 0 bridgehead atoms. The summed E-state index contributed by atoms with van der Waals surface area (Å²) >= 11 is 0.945. The Balaban J connectivity index is 2.23. The minimum absolute atomic E-state index is 0.0254. The van der Waals surface area contributed by atoms with Crippen molar-refractivity contribution in [1.29, 1.82) is 0 Å². The summed E-state index contributed by atoms with van der Waals surface area (Å²) in [4.78, 5) is 25.1. The van der Waals surface area contributed by atoms with Crippen LogP contribution < -0.4 is 10.6 Å². The first-order valence-electron chi connectivity index (χ1n) is 5.59. The molecule has 0 spiro atoms. The number of amides is 1. The number of thiazole rings is 1. The third-order valence-electron chi connectivity index (χ3n) is 1.74. The first kappa shape index (κ1) is 15.2. The predicted molar refractivity (Wildman–Crippen MR) is 71.5 cm³/mol. The lowest BCUT2D eigenvalue weighted by molar-refractivity contribution is -0.380. The van der Waals surface area contributed by atoms with Gasteiger partial charge in [0.1, 0.15) is 11.8 Å². The Morgan fingerprint density at radius 3 is 2.74 bits per heavy atom. The quantitative estimate of drug-likeness (QED) is 0.487.